The summed E-state index contributed by atoms with van der Waals surface area (Å²) in [4.78, 5) is 319. The number of amides is 18. The van der Waals surface area contributed by atoms with Crippen LogP contribution < -0.4 is 103 Å². The fourth-order valence-corrected chi connectivity index (χ4v) is 11.7. The maximum atomic E-state index is 13.8. The lowest BCUT2D eigenvalue weighted by molar-refractivity contribution is -0.143. The molecule has 2 heterocycles. The highest BCUT2D eigenvalue weighted by atomic mass is 16.4. The lowest BCUT2D eigenvalue weighted by atomic mass is 9.98. The van der Waals surface area contributed by atoms with E-state index in [0.29, 0.717) is 12.8 Å². The minimum absolute atomic E-state index is 0.00637. The van der Waals surface area contributed by atoms with Crippen molar-refractivity contribution in [3.8, 4) is 0 Å². The van der Waals surface area contributed by atoms with Crippen molar-refractivity contribution in [2.75, 3.05) is 39.3 Å². The fourth-order valence-electron chi connectivity index (χ4n) is 11.7. The Hall–Kier alpha value is -13.6. The molecule has 0 spiro atoms. The summed E-state index contributed by atoms with van der Waals surface area (Å²) in [6.07, 6.45) is -5.26. The van der Waals surface area contributed by atoms with Crippen molar-refractivity contribution in [2.24, 2.45) is 34.8 Å². The molecular weight excluding hydrogens is 1650 g/mol. The summed E-state index contributed by atoms with van der Waals surface area (Å²) in [5, 5.41) is 90.8. The van der Waals surface area contributed by atoms with Gasteiger partial charge in [0, 0.05) is 51.3 Å². The van der Waals surface area contributed by atoms with Crippen LogP contribution in [0.4, 0.5) is 0 Å². The molecule has 1 saturated heterocycles. The normalized spacial score (nSPS) is 15.3. The van der Waals surface area contributed by atoms with Gasteiger partial charge < -0.3 is 143 Å². The van der Waals surface area contributed by atoms with Crippen LogP contribution in [0.2, 0.25) is 0 Å². The van der Waals surface area contributed by atoms with E-state index in [-0.39, 0.29) is 50.4 Å². The first-order valence-corrected chi connectivity index (χ1v) is 39.2. The van der Waals surface area contributed by atoms with Crippen LogP contribution >= 0.6 is 0 Å². The molecule has 0 unspecified atom stereocenters. The summed E-state index contributed by atoms with van der Waals surface area (Å²) >= 11 is 0. The predicted molar refractivity (Wildman–Crippen MR) is 421 cm³/mol. The first-order chi connectivity index (χ1) is 58.2. The van der Waals surface area contributed by atoms with Crippen LogP contribution in [0.3, 0.4) is 0 Å². The van der Waals surface area contributed by atoms with Gasteiger partial charge >= 0.3 is 35.8 Å². The highest BCUT2D eigenvalue weighted by molar-refractivity contribution is 6.01. The number of aromatic amines is 1. The zero-order chi connectivity index (χ0) is 93.8. The second-order valence-corrected chi connectivity index (χ2v) is 29.1. The number of carbonyl (C=O) groups excluding carboxylic acids is 18. The van der Waals surface area contributed by atoms with Crippen molar-refractivity contribution in [2.45, 2.75) is 235 Å². The van der Waals surface area contributed by atoms with Gasteiger partial charge in [0.1, 0.15) is 72.5 Å². The Bertz CT molecular complexity index is 4000. The van der Waals surface area contributed by atoms with E-state index in [1.54, 1.807) is 13.8 Å². The number of carboxylic acids is 6. The van der Waals surface area contributed by atoms with Crippen molar-refractivity contribution in [1.29, 1.82) is 0 Å². The molecule has 18 amide bonds. The molecule has 1 aliphatic heterocycles. The van der Waals surface area contributed by atoms with E-state index in [0.717, 1.165) is 11.8 Å². The van der Waals surface area contributed by atoms with Crippen molar-refractivity contribution in [3.63, 3.8) is 0 Å². The smallest absolute Gasteiger partial charge is 0.326 e. The summed E-state index contributed by atoms with van der Waals surface area (Å²) in [5.41, 5.74) is 22.2. The van der Waals surface area contributed by atoms with Gasteiger partial charge in [-0.1, -0.05) is 34.1 Å². The number of carbonyl (C=O) groups is 24. The number of rotatable bonds is 60. The zero-order valence-corrected chi connectivity index (χ0v) is 68.7. The van der Waals surface area contributed by atoms with Crippen LogP contribution in [-0.4, -0.2) is 305 Å². The minimum atomic E-state index is -2.12. The van der Waals surface area contributed by atoms with Crippen molar-refractivity contribution >= 4 is 142 Å². The molecule has 0 radical (unpaired) electrons. The van der Waals surface area contributed by atoms with Gasteiger partial charge in [0.25, 0.3) is 0 Å². The van der Waals surface area contributed by atoms with Crippen molar-refractivity contribution in [1.82, 2.24) is 94.6 Å². The number of nitrogens with two attached hydrogens (primary N) is 4. The number of hydrogen-bond acceptors (Lipinski definition) is 27. The molecule has 1 aliphatic rings. The van der Waals surface area contributed by atoms with Crippen LogP contribution in [0.1, 0.15) is 156 Å². The number of nitrogens with zero attached hydrogens (tertiary/aromatic N) is 2. The molecular formula is C72H112N22O30. The predicted octanol–water partition coefficient (Wildman–Crippen LogP) is -10.9. The lowest BCUT2D eigenvalue weighted by Gasteiger charge is -2.26. The Balaban J connectivity index is 2.22. The van der Waals surface area contributed by atoms with Crippen LogP contribution in [0.15, 0.2) is 12.5 Å². The number of imidazole rings is 1. The van der Waals surface area contributed by atoms with Gasteiger partial charge in [0.05, 0.1) is 57.1 Å². The number of H-pyrrole nitrogens is 1. The molecule has 0 aliphatic carbocycles. The summed E-state index contributed by atoms with van der Waals surface area (Å²) in [6.45, 7) is 3.68. The first-order valence-electron chi connectivity index (χ1n) is 39.2. The molecule has 0 aromatic carbocycles. The highest BCUT2D eigenvalue weighted by Crippen LogP contribution is 2.18. The Morgan fingerprint density at radius 2 is 0.839 bits per heavy atom. The van der Waals surface area contributed by atoms with Crippen LogP contribution in [0.5, 0.6) is 0 Å². The summed E-state index contributed by atoms with van der Waals surface area (Å²) in [7, 11) is 0. The van der Waals surface area contributed by atoms with Crippen LogP contribution in [0.25, 0.3) is 0 Å². The quantitative estimate of drug-likeness (QED) is 0.0269. The van der Waals surface area contributed by atoms with Gasteiger partial charge in [-0.3, -0.25) is 110 Å². The highest BCUT2D eigenvalue weighted by Gasteiger charge is 2.39. The van der Waals surface area contributed by atoms with E-state index in [9.17, 15) is 146 Å². The zero-order valence-electron chi connectivity index (χ0n) is 68.7. The van der Waals surface area contributed by atoms with E-state index < -0.39 is 336 Å². The van der Waals surface area contributed by atoms with Crippen LogP contribution in [-0.2, 0) is 121 Å². The molecule has 124 heavy (non-hydrogen) atoms. The minimum Gasteiger partial charge on any atom is -0.481 e. The van der Waals surface area contributed by atoms with E-state index >= 15 is 0 Å². The summed E-state index contributed by atoms with van der Waals surface area (Å²) < 4.78 is 0. The summed E-state index contributed by atoms with van der Waals surface area (Å²) in [6, 6.07) is -21.6. The molecule has 0 bridgehead atoms. The first kappa shape index (κ1) is 106. The number of aliphatic carboxylic acids is 6. The molecule has 52 nitrogen and oxygen atoms in total. The van der Waals surface area contributed by atoms with E-state index in [4.69, 9.17) is 22.9 Å². The average molecular weight is 1770 g/mol. The van der Waals surface area contributed by atoms with Gasteiger partial charge in [-0.25, -0.2) is 9.78 Å². The maximum absolute atomic E-state index is 13.8. The molecule has 1 aromatic heterocycles. The van der Waals surface area contributed by atoms with Crippen molar-refractivity contribution in [3.05, 3.63) is 18.2 Å². The van der Waals surface area contributed by atoms with Gasteiger partial charge in [-0.2, -0.15) is 0 Å². The number of carboxylic acid groups (broad SMARTS) is 6. The van der Waals surface area contributed by atoms with Gasteiger partial charge in [0.15, 0.2) is 0 Å². The third-order valence-corrected chi connectivity index (χ3v) is 18.8. The second-order valence-electron chi connectivity index (χ2n) is 29.1. The van der Waals surface area contributed by atoms with E-state index in [1.807, 2.05) is 5.32 Å². The Labute approximate surface area is 707 Å². The topological polar surface area (TPSA) is 848 Å². The largest absolute Gasteiger partial charge is 0.481 e. The lowest BCUT2D eigenvalue weighted by Crippen LogP contribution is -2.60. The van der Waals surface area contributed by atoms with Gasteiger partial charge in [0.2, 0.25) is 106 Å². The van der Waals surface area contributed by atoms with E-state index in [1.165, 1.54) is 26.4 Å². The third kappa shape index (κ3) is 40.6. The fraction of sp³-hybridized carbons (Fsp3) is 0.625. The maximum Gasteiger partial charge on any atom is 0.326 e. The molecule has 52 heteroatoms. The van der Waals surface area contributed by atoms with E-state index in [2.05, 4.69) is 84.4 Å². The Kier molecular flexibility index (Phi) is 46.9. The number of unbranched alkanes of at least 4 members (excludes halogenated alkanes) is 1. The van der Waals surface area contributed by atoms with Gasteiger partial charge in [-0.05, 0) is 89.5 Å². The molecule has 1 fully saturated rings. The Morgan fingerprint density at radius 3 is 1.29 bits per heavy atom. The third-order valence-electron chi connectivity index (χ3n) is 18.8. The number of likely N-dealkylation sites (tertiary alicyclic amines) is 1. The second kappa shape index (κ2) is 54.6. The van der Waals surface area contributed by atoms with Crippen LogP contribution in [0, 0.1) is 11.8 Å². The average Bonchev–Trinajstić information content (AvgIpc) is 1.61. The molecule has 690 valence electrons. The Morgan fingerprint density at radius 1 is 0.444 bits per heavy atom. The molecule has 14 atom stereocenters. The number of hydrogen-bond donors (Lipinski definition) is 26. The number of aromatic nitrogens is 2. The molecule has 30 N–H and O–H groups in total. The SMILES string of the molecule is CC[C@H](C)[C@H](N)C(=O)N[C@@H](CCC(=O)O)C(=O)NCC(=O)N[C@H](C(=O)N[C@@H](CC(=O)O)C(=O)N[C@@H](C)C(=O)N[C@@H](CCC(=O)O)C(=O)N[C@@H](CC(=O)O)C(=O)NCC(=O)N[C@@H](Cc1c[nH]cn1)C(=O)NCC(=O)N1CCC[C@H]1C(=O)NCC(=O)N[C@@H](CCC(=O)O)C(=O)N[C@@H](CCC(N)=O)C(=O)N[C@@H](CCC(N)=O)C(=O)N[C@@H](CCCCN)C(=O)O)C(C)C. The summed E-state index contributed by atoms with van der Waals surface area (Å²) in [5.74, 6) is -30.4. The standard InChI is InChI=1S/C72H112N22O30/c1-6-34(4)58(76)70(121)89-37(14-19-53(101)102)61(112)78-30-51(99)93-59(33(2)3)71(122)92-45(26-57(109)110)68(119)83-35(5)60(111)86-41(16-21-55(105)106)67(118)91-44(25-56(107)108)63(114)79-28-50(98)85-43(24-36-27-77-32-82-36)62(113)81-31-52(100)94-23-9-11-46(94)69(120)80-29-49(97)84-38(15-20-54(103)104)64(115)87-39(12-17-47(74)95)65(116)88-40(13-18-48(75)96)66(117)90-42(72(123)124)10-7-8-22-73/h27,32-35,37-46,58-59H,6-26,28-31,73,76H2,1-5H3,(H2,74,95)(H2,75,96)(H,77,82)(H,78,112)(H,79,114)(H,80,120)(H,81,113)(H,83,119)(H,84,97)(H,85,98)(H,86,111)(H,87,115)(H,88,116)(H,89,121)(H,90,117)(H,91,118)(H,92,122)(H,93,99)(H,101,102)(H,103,104)(H,105,106)(H,107,108)(H,109,110)(H,123,124)/t34-,35-,37-,38-,39-,40-,41-,42-,43-,44-,45-,46-,58-,59-/m0/s1. The monoisotopic (exact) mass is 1760 g/mol. The number of nitrogens with one attached hydrogen (secondary N) is 16. The molecule has 1 aromatic rings. The molecule has 2 rings (SSSR count). The van der Waals surface area contributed by atoms with Crippen molar-refractivity contribution < 1.29 is 146 Å². The number of primary amides is 2. The molecule has 0 saturated carbocycles. The van der Waals surface area contributed by atoms with Gasteiger partial charge in [-0.15, -0.1) is 0 Å².